The second kappa shape index (κ2) is 8.05. The largest absolute Gasteiger partial charge is 0.352 e. The van der Waals surface area contributed by atoms with Crippen molar-refractivity contribution in [2.24, 2.45) is 0 Å². The first-order chi connectivity index (χ1) is 13.7. The lowest BCUT2D eigenvalue weighted by Crippen LogP contribution is -2.26. The summed E-state index contributed by atoms with van der Waals surface area (Å²) in [4.78, 5) is 17.4. The number of hydrogen-bond donors (Lipinski definition) is 1. The van der Waals surface area contributed by atoms with E-state index in [1.54, 1.807) is 4.68 Å². The fourth-order valence-electron chi connectivity index (χ4n) is 3.21. The van der Waals surface area contributed by atoms with Crippen LogP contribution in [-0.2, 0) is 13.0 Å². The van der Waals surface area contributed by atoms with E-state index in [4.69, 9.17) is 0 Å². The molecule has 0 saturated heterocycles. The lowest BCUT2D eigenvalue weighted by atomic mass is 10.1. The first-order valence-corrected chi connectivity index (χ1v) is 9.50. The van der Waals surface area contributed by atoms with Crippen LogP contribution in [0.15, 0.2) is 72.9 Å². The lowest BCUT2D eigenvalue weighted by Gasteiger charge is -2.06. The van der Waals surface area contributed by atoms with E-state index in [1.807, 2.05) is 73.8 Å². The van der Waals surface area contributed by atoms with Crippen LogP contribution in [0, 0.1) is 0 Å². The number of hydrogen-bond acceptors (Lipinski definition) is 3. The minimum absolute atomic E-state index is 0.112. The topological polar surface area (TPSA) is 59.8 Å². The van der Waals surface area contributed by atoms with Gasteiger partial charge in [0.25, 0.3) is 5.91 Å². The fraction of sp³-hybridized carbons (Fsp3) is 0.174. The average molecular weight is 370 g/mol. The highest BCUT2D eigenvalue weighted by Crippen LogP contribution is 2.22. The summed E-state index contributed by atoms with van der Waals surface area (Å²) in [5.41, 5.74) is 4.19. The van der Waals surface area contributed by atoms with Gasteiger partial charge in [0.15, 0.2) is 0 Å². The zero-order valence-corrected chi connectivity index (χ0v) is 15.8. The second-order valence-electron chi connectivity index (χ2n) is 6.61. The van der Waals surface area contributed by atoms with Crippen molar-refractivity contribution in [3.8, 4) is 11.3 Å². The predicted octanol–water partition coefficient (Wildman–Crippen LogP) is 4.09. The number of pyridine rings is 1. The maximum atomic E-state index is 12.8. The number of nitrogens with one attached hydrogen (secondary N) is 1. The first kappa shape index (κ1) is 17.9. The molecule has 1 amide bonds. The summed E-state index contributed by atoms with van der Waals surface area (Å²) in [6, 6.07) is 21.9. The number of carbonyl (C=O) groups excluding carboxylic acids is 1. The van der Waals surface area contributed by atoms with E-state index in [2.05, 4.69) is 21.5 Å². The van der Waals surface area contributed by atoms with Gasteiger partial charge in [0.2, 0.25) is 0 Å². The van der Waals surface area contributed by atoms with Gasteiger partial charge >= 0.3 is 0 Å². The molecule has 2 aromatic carbocycles. The van der Waals surface area contributed by atoms with Crippen LogP contribution in [0.3, 0.4) is 0 Å². The van der Waals surface area contributed by atoms with E-state index >= 15 is 0 Å². The number of amides is 1. The highest BCUT2D eigenvalue weighted by atomic mass is 16.1. The Morgan fingerprint density at radius 2 is 1.79 bits per heavy atom. The molecule has 0 saturated carbocycles. The number of aryl methyl sites for hydroxylation is 1. The van der Waals surface area contributed by atoms with Gasteiger partial charge in [-0.3, -0.25) is 14.5 Å². The zero-order chi connectivity index (χ0) is 19.3. The van der Waals surface area contributed by atoms with E-state index in [1.165, 1.54) is 0 Å². The fourth-order valence-corrected chi connectivity index (χ4v) is 3.21. The smallest absolute Gasteiger partial charge is 0.255 e. The van der Waals surface area contributed by atoms with Crippen molar-refractivity contribution in [3.05, 3.63) is 84.2 Å². The van der Waals surface area contributed by atoms with E-state index in [9.17, 15) is 4.79 Å². The Kier molecular flexibility index (Phi) is 5.15. The highest BCUT2D eigenvalue weighted by Gasteiger charge is 2.17. The quantitative estimate of drug-likeness (QED) is 0.556. The molecule has 0 aliphatic carbocycles. The molecule has 1 N–H and O–H groups in total. The standard InChI is InChI=1S/C23H22N4O/c1-2-27-16-20(22(26-27)18-9-4-3-5-10-18)23(28)24-15-14-19-13-12-17-8-6-7-11-21(17)25-19/h3-13,16H,2,14-15H2,1H3,(H,24,28). The summed E-state index contributed by atoms with van der Waals surface area (Å²) >= 11 is 0. The molecule has 0 fully saturated rings. The third-order valence-corrected chi connectivity index (χ3v) is 4.70. The van der Waals surface area contributed by atoms with Crippen LogP contribution in [-0.4, -0.2) is 27.2 Å². The van der Waals surface area contributed by atoms with Crippen LogP contribution in [0.4, 0.5) is 0 Å². The molecular formula is C23H22N4O. The van der Waals surface area contributed by atoms with Crippen LogP contribution >= 0.6 is 0 Å². The van der Waals surface area contributed by atoms with Gasteiger partial charge in [0.1, 0.15) is 5.69 Å². The van der Waals surface area contributed by atoms with Crippen molar-refractivity contribution in [1.29, 1.82) is 0 Å². The molecule has 0 spiro atoms. The number of aromatic nitrogens is 3. The molecule has 0 unspecified atom stereocenters. The van der Waals surface area contributed by atoms with Gasteiger partial charge < -0.3 is 5.32 Å². The van der Waals surface area contributed by atoms with Crippen LogP contribution in [0.5, 0.6) is 0 Å². The first-order valence-electron chi connectivity index (χ1n) is 9.50. The zero-order valence-electron chi connectivity index (χ0n) is 15.8. The second-order valence-corrected chi connectivity index (χ2v) is 6.61. The molecule has 2 heterocycles. The van der Waals surface area contributed by atoms with Gasteiger partial charge in [-0.05, 0) is 19.1 Å². The predicted molar refractivity (Wildman–Crippen MR) is 111 cm³/mol. The average Bonchev–Trinajstić information content (AvgIpc) is 3.19. The summed E-state index contributed by atoms with van der Waals surface area (Å²) in [7, 11) is 0. The summed E-state index contributed by atoms with van der Waals surface area (Å²) < 4.78 is 1.79. The van der Waals surface area contributed by atoms with Crippen molar-refractivity contribution in [2.75, 3.05) is 6.54 Å². The maximum absolute atomic E-state index is 12.8. The number of para-hydroxylation sites is 1. The Bertz CT molecular complexity index is 1100. The van der Waals surface area contributed by atoms with Crippen LogP contribution < -0.4 is 5.32 Å². The van der Waals surface area contributed by atoms with E-state index in [-0.39, 0.29) is 5.91 Å². The third kappa shape index (κ3) is 3.78. The molecular weight excluding hydrogens is 348 g/mol. The molecule has 4 aromatic rings. The van der Waals surface area contributed by atoms with Crippen molar-refractivity contribution in [3.63, 3.8) is 0 Å². The minimum Gasteiger partial charge on any atom is -0.352 e. The number of benzene rings is 2. The summed E-state index contributed by atoms with van der Waals surface area (Å²) in [6.07, 6.45) is 2.49. The third-order valence-electron chi connectivity index (χ3n) is 4.70. The minimum atomic E-state index is -0.112. The summed E-state index contributed by atoms with van der Waals surface area (Å²) in [5, 5.41) is 8.69. The van der Waals surface area contributed by atoms with Gasteiger partial charge in [0, 0.05) is 42.4 Å². The Balaban J connectivity index is 1.47. The van der Waals surface area contributed by atoms with E-state index in [0.29, 0.717) is 30.8 Å². The molecule has 28 heavy (non-hydrogen) atoms. The summed E-state index contributed by atoms with van der Waals surface area (Å²) in [6.45, 7) is 3.25. The van der Waals surface area contributed by atoms with Gasteiger partial charge in [-0.25, -0.2) is 0 Å². The normalized spacial score (nSPS) is 10.9. The van der Waals surface area contributed by atoms with E-state index in [0.717, 1.165) is 22.2 Å². The molecule has 140 valence electrons. The van der Waals surface area contributed by atoms with Gasteiger partial charge in [0.05, 0.1) is 11.1 Å². The van der Waals surface area contributed by atoms with Crippen molar-refractivity contribution in [2.45, 2.75) is 19.9 Å². The number of rotatable bonds is 6. The molecule has 0 radical (unpaired) electrons. The van der Waals surface area contributed by atoms with Crippen LogP contribution in [0.25, 0.3) is 22.2 Å². The van der Waals surface area contributed by atoms with Crippen LogP contribution in [0.2, 0.25) is 0 Å². The lowest BCUT2D eigenvalue weighted by molar-refractivity contribution is 0.0954. The van der Waals surface area contributed by atoms with Crippen molar-refractivity contribution in [1.82, 2.24) is 20.1 Å². The molecule has 5 heteroatoms. The molecule has 4 rings (SSSR count). The Labute approximate surface area is 164 Å². The Morgan fingerprint density at radius 1 is 1.00 bits per heavy atom. The molecule has 5 nitrogen and oxygen atoms in total. The number of nitrogens with zero attached hydrogens (tertiary/aromatic N) is 3. The molecule has 0 aliphatic rings. The molecule has 2 aromatic heterocycles. The molecule has 0 bridgehead atoms. The number of fused-ring (bicyclic) bond motifs is 1. The number of carbonyl (C=O) groups is 1. The Hall–Kier alpha value is -3.47. The van der Waals surface area contributed by atoms with E-state index < -0.39 is 0 Å². The monoisotopic (exact) mass is 370 g/mol. The maximum Gasteiger partial charge on any atom is 0.255 e. The van der Waals surface area contributed by atoms with Gasteiger partial charge in [-0.2, -0.15) is 5.10 Å². The SMILES string of the molecule is CCn1cc(C(=O)NCCc2ccc3ccccc3n2)c(-c2ccccc2)n1. The molecule has 0 atom stereocenters. The van der Waals surface area contributed by atoms with Crippen molar-refractivity contribution >= 4 is 16.8 Å². The van der Waals surface area contributed by atoms with Crippen molar-refractivity contribution < 1.29 is 4.79 Å². The highest BCUT2D eigenvalue weighted by molar-refractivity contribution is 5.99. The van der Waals surface area contributed by atoms with Gasteiger partial charge in [-0.15, -0.1) is 0 Å². The van der Waals surface area contributed by atoms with Gasteiger partial charge in [-0.1, -0.05) is 54.6 Å². The molecule has 0 aliphatic heterocycles. The van der Waals surface area contributed by atoms with Crippen LogP contribution in [0.1, 0.15) is 23.0 Å². The summed E-state index contributed by atoms with van der Waals surface area (Å²) in [5.74, 6) is -0.112. The Morgan fingerprint density at radius 3 is 2.61 bits per heavy atom.